The van der Waals surface area contributed by atoms with E-state index in [9.17, 15) is 0 Å². The molecule has 0 aromatic heterocycles. The monoisotopic (exact) mass is 317 g/mol. The molecule has 22 heavy (non-hydrogen) atoms. The van der Waals surface area contributed by atoms with Crippen LogP contribution in [0, 0.1) is 6.92 Å². The molecule has 0 aliphatic carbocycles. The smallest absolute Gasteiger partial charge is 0.233 e. The fourth-order valence-corrected chi connectivity index (χ4v) is 1.42. The molecule has 0 aromatic carbocycles. The lowest BCUT2D eigenvalue weighted by Gasteiger charge is -2.21. The molecule has 0 saturated carbocycles. The van der Waals surface area contributed by atoms with Crippen molar-refractivity contribution in [3.63, 3.8) is 0 Å². The molecule has 0 bridgehead atoms. The Morgan fingerprint density at radius 1 is 0.909 bits per heavy atom. The van der Waals surface area contributed by atoms with E-state index in [0.29, 0.717) is 44.6 Å². The van der Waals surface area contributed by atoms with E-state index in [1.165, 1.54) is 0 Å². The van der Waals surface area contributed by atoms with E-state index in [-0.39, 0.29) is 6.61 Å². The first-order chi connectivity index (χ1) is 10.5. The summed E-state index contributed by atoms with van der Waals surface area (Å²) in [6, 6.07) is 0. The summed E-state index contributed by atoms with van der Waals surface area (Å²) in [6.07, 6.45) is -0.984. The van der Waals surface area contributed by atoms with Gasteiger partial charge in [0.1, 0.15) is 6.61 Å². The number of allylic oxidation sites excluding steroid dienone is 2. The van der Waals surface area contributed by atoms with Crippen molar-refractivity contribution in [3.8, 4) is 0 Å². The van der Waals surface area contributed by atoms with Gasteiger partial charge in [-0.1, -0.05) is 13.2 Å². The Kier molecular flexibility index (Phi) is 12.9. The van der Waals surface area contributed by atoms with Crippen LogP contribution in [0.25, 0.3) is 0 Å². The normalized spacial score (nSPS) is 13.5. The van der Waals surface area contributed by atoms with E-state index in [1.54, 1.807) is 13.8 Å². The van der Waals surface area contributed by atoms with E-state index in [1.807, 2.05) is 6.92 Å². The molecule has 0 fully saturated rings. The van der Waals surface area contributed by atoms with Crippen LogP contribution in [-0.4, -0.2) is 52.2 Å². The van der Waals surface area contributed by atoms with Crippen LogP contribution in [0.4, 0.5) is 0 Å². The Balaban J connectivity index is 4.01. The third kappa shape index (κ3) is 12.6. The number of hydrogen-bond acceptors (Lipinski definition) is 6. The minimum Gasteiger partial charge on any atom is -0.492 e. The van der Waals surface area contributed by atoms with Crippen LogP contribution in [0.5, 0.6) is 0 Å². The minimum atomic E-state index is -0.556. The van der Waals surface area contributed by atoms with Crippen molar-refractivity contribution in [2.75, 3.05) is 39.6 Å². The maximum atomic E-state index is 5.55. The summed E-state index contributed by atoms with van der Waals surface area (Å²) in [6.45, 7) is 18.5. The first-order valence-electron chi connectivity index (χ1n) is 7.31. The summed E-state index contributed by atoms with van der Waals surface area (Å²) in [5, 5.41) is 0. The second kappa shape index (κ2) is 13.6. The average molecular weight is 317 g/mol. The van der Waals surface area contributed by atoms with E-state index in [4.69, 9.17) is 28.4 Å². The van der Waals surface area contributed by atoms with E-state index in [2.05, 4.69) is 20.1 Å². The summed E-state index contributed by atoms with van der Waals surface area (Å²) >= 11 is 0. The molecule has 0 spiro atoms. The van der Waals surface area contributed by atoms with Crippen LogP contribution in [0.2, 0.25) is 0 Å². The zero-order valence-corrected chi connectivity index (χ0v) is 14.0. The van der Waals surface area contributed by atoms with Gasteiger partial charge < -0.3 is 28.4 Å². The van der Waals surface area contributed by atoms with Gasteiger partial charge in [-0.15, -0.1) is 0 Å². The van der Waals surface area contributed by atoms with Gasteiger partial charge in [-0.25, -0.2) is 0 Å². The van der Waals surface area contributed by atoms with Crippen LogP contribution in [0.3, 0.4) is 0 Å². The van der Waals surface area contributed by atoms with Gasteiger partial charge >= 0.3 is 0 Å². The number of ether oxygens (including phenoxy) is 6. The van der Waals surface area contributed by atoms with E-state index >= 15 is 0 Å². The van der Waals surface area contributed by atoms with Crippen LogP contribution >= 0.6 is 0 Å². The molecule has 0 rings (SSSR count). The van der Waals surface area contributed by atoms with Gasteiger partial charge in [0.25, 0.3) is 0 Å². The minimum absolute atomic E-state index is 0.238. The Bertz CT molecular complexity index is 305. The van der Waals surface area contributed by atoms with Crippen molar-refractivity contribution in [1.29, 1.82) is 0 Å². The molecular formula is C16H29O6. The van der Waals surface area contributed by atoms with Crippen molar-refractivity contribution in [1.82, 2.24) is 0 Å². The molecule has 6 heteroatoms. The molecule has 0 saturated heterocycles. The Labute approximate surface area is 134 Å². The van der Waals surface area contributed by atoms with Crippen LogP contribution < -0.4 is 0 Å². The highest BCUT2D eigenvalue weighted by Crippen LogP contribution is 2.05. The highest BCUT2D eigenvalue weighted by molar-refractivity contribution is 4.77. The predicted octanol–water partition coefficient (Wildman–Crippen LogP) is 2.66. The third-order valence-electron chi connectivity index (χ3n) is 2.24. The number of rotatable bonds is 15. The topological polar surface area (TPSA) is 55.4 Å². The lowest BCUT2D eigenvalue weighted by Crippen LogP contribution is -2.28. The Morgan fingerprint density at radius 2 is 1.55 bits per heavy atom. The maximum absolute atomic E-state index is 5.55. The molecule has 0 amide bonds. The van der Waals surface area contributed by atoms with Gasteiger partial charge in [0, 0.05) is 13.2 Å². The summed E-state index contributed by atoms with van der Waals surface area (Å²) in [4.78, 5) is 0. The summed E-state index contributed by atoms with van der Waals surface area (Å²) in [7, 11) is 0. The molecule has 1 radical (unpaired) electrons. The highest BCUT2D eigenvalue weighted by Gasteiger charge is 2.13. The summed E-state index contributed by atoms with van der Waals surface area (Å²) < 4.78 is 32.4. The zero-order valence-electron chi connectivity index (χ0n) is 14.0. The van der Waals surface area contributed by atoms with E-state index < -0.39 is 12.6 Å². The van der Waals surface area contributed by atoms with Gasteiger partial charge in [-0.2, -0.15) is 0 Å². The Morgan fingerprint density at radius 3 is 2.05 bits per heavy atom. The van der Waals surface area contributed by atoms with Crippen LogP contribution in [0.1, 0.15) is 20.8 Å². The van der Waals surface area contributed by atoms with Crippen molar-refractivity contribution >= 4 is 0 Å². The molecule has 2 atom stereocenters. The van der Waals surface area contributed by atoms with Crippen molar-refractivity contribution in [3.05, 3.63) is 31.6 Å². The molecule has 0 aliphatic heterocycles. The first-order valence-corrected chi connectivity index (χ1v) is 7.31. The molecule has 2 unspecified atom stereocenters. The molecule has 0 N–H and O–H groups in total. The van der Waals surface area contributed by atoms with Crippen LogP contribution in [0.15, 0.2) is 24.7 Å². The first kappa shape index (κ1) is 20.9. The summed E-state index contributed by atoms with van der Waals surface area (Å²) in [5.41, 5.74) is 0. The fraction of sp³-hybridized carbons (Fsp3) is 0.688. The van der Waals surface area contributed by atoms with Crippen LogP contribution in [-0.2, 0) is 28.4 Å². The average Bonchev–Trinajstić information content (AvgIpc) is 2.45. The zero-order chi connectivity index (χ0) is 16.8. The molecule has 0 heterocycles. The second-order valence-electron chi connectivity index (χ2n) is 4.46. The quantitative estimate of drug-likeness (QED) is 0.263. The molecule has 129 valence electrons. The van der Waals surface area contributed by atoms with Gasteiger partial charge in [0.05, 0.1) is 31.3 Å². The standard InChI is InChI=1S/C16H29O6/c1-7-17-11-15(18-8-2)19-9-10-20-16(22-14(5)6)12-21-13(3)4/h15-16H,1,3,5,7-12H2,2,4,6H3. The molecule has 0 aliphatic rings. The van der Waals surface area contributed by atoms with Crippen molar-refractivity contribution in [2.24, 2.45) is 0 Å². The number of hydrogen-bond donors (Lipinski definition) is 0. The molecule has 0 aromatic rings. The van der Waals surface area contributed by atoms with Gasteiger partial charge in [0.2, 0.25) is 6.29 Å². The molecular weight excluding hydrogens is 288 g/mol. The molecule has 6 nitrogen and oxygen atoms in total. The van der Waals surface area contributed by atoms with Crippen molar-refractivity contribution in [2.45, 2.75) is 33.4 Å². The van der Waals surface area contributed by atoms with Gasteiger partial charge in [-0.05, 0) is 27.7 Å². The summed E-state index contributed by atoms with van der Waals surface area (Å²) in [5.74, 6) is 1.14. The van der Waals surface area contributed by atoms with Gasteiger partial charge in [-0.3, -0.25) is 0 Å². The Hall–Kier alpha value is -1.08. The largest absolute Gasteiger partial charge is 0.492 e. The highest BCUT2D eigenvalue weighted by atomic mass is 16.7. The lowest BCUT2D eigenvalue weighted by atomic mass is 10.6. The SMILES string of the molecule is [CH2]COCC(OCC)OCCOC(COC(=C)C)OC(=C)C. The van der Waals surface area contributed by atoms with Crippen molar-refractivity contribution < 1.29 is 28.4 Å². The lowest BCUT2D eigenvalue weighted by molar-refractivity contribution is -0.193. The maximum Gasteiger partial charge on any atom is 0.233 e. The fourth-order valence-electron chi connectivity index (χ4n) is 1.42. The third-order valence-corrected chi connectivity index (χ3v) is 2.24. The van der Waals surface area contributed by atoms with Gasteiger partial charge in [0.15, 0.2) is 6.29 Å². The second-order valence-corrected chi connectivity index (χ2v) is 4.46. The van der Waals surface area contributed by atoms with E-state index in [0.717, 1.165) is 0 Å². The predicted molar refractivity (Wildman–Crippen MR) is 83.9 cm³/mol.